The van der Waals surface area contributed by atoms with E-state index in [1.54, 1.807) is 11.8 Å². The largest absolute Gasteiger partial charge is 0.462 e. The number of hydrogen-bond acceptors (Lipinski definition) is 5. The van der Waals surface area contributed by atoms with E-state index in [2.05, 4.69) is 5.32 Å². The number of piperazine rings is 1. The molecular formula is C18H20F3N3O3. The summed E-state index contributed by atoms with van der Waals surface area (Å²) >= 11 is 0. The quantitative estimate of drug-likeness (QED) is 0.799. The van der Waals surface area contributed by atoms with E-state index in [0.717, 1.165) is 16.8 Å². The maximum absolute atomic E-state index is 15.3. The summed E-state index contributed by atoms with van der Waals surface area (Å²) < 4.78 is 48.9. The first-order valence-corrected chi connectivity index (χ1v) is 8.73. The highest BCUT2D eigenvalue weighted by Crippen LogP contribution is 2.30. The highest BCUT2D eigenvalue weighted by Gasteiger charge is 2.26. The summed E-state index contributed by atoms with van der Waals surface area (Å²) in [4.78, 5) is 26.2. The number of carbonyl (C=O) groups excluding carboxylic acids is 1. The number of anilines is 1. The highest BCUT2D eigenvalue weighted by molar-refractivity contribution is 5.94. The molecule has 3 rings (SSSR count). The molecule has 1 N–H and O–H groups in total. The van der Waals surface area contributed by atoms with Crippen molar-refractivity contribution in [3.8, 4) is 0 Å². The Balaban J connectivity index is 2.27. The lowest BCUT2D eigenvalue weighted by Crippen LogP contribution is -2.44. The monoisotopic (exact) mass is 383 g/mol. The van der Waals surface area contributed by atoms with Gasteiger partial charge in [0.05, 0.1) is 24.1 Å². The van der Waals surface area contributed by atoms with Crippen molar-refractivity contribution in [3.63, 3.8) is 0 Å². The van der Waals surface area contributed by atoms with Crippen molar-refractivity contribution in [1.82, 2.24) is 9.88 Å². The molecule has 2 aromatic rings. The Labute approximate surface area is 153 Å². The van der Waals surface area contributed by atoms with Gasteiger partial charge in [0.25, 0.3) is 0 Å². The number of nitrogens with one attached hydrogen (secondary N) is 1. The number of pyridine rings is 1. The van der Waals surface area contributed by atoms with Crippen LogP contribution in [0.1, 0.15) is 17.3 Å². The van der Waals surface area contributed by atoms with Crippen molar-refractivity contribution >= 4 is 22.6 Å². The van der Waals surface area contributed by atoms with E-state index in [1.165, 1.54) is 0 Å². The first kappa shape index (κ1) is 19.2. The van der Waals surface area contributed by atoms with Gasteiger partial charge in [0.15, 0.2) is 5.82 Å². The first-order chi connectivity index (χ1) is 13.0. The second-order valence-corrected chi connectivity index (χ2v) is 6.13. The molecule has 2 heterocycles. The molecule has 27 heavy (non-hydrogen) atoms. The Morgan fingerprint density at radius 1 is 1.30 bits per heavy atom. The van der Waals surface area contributed by atoms with Gasteiger partial charge in [-0.3, -0.25) is 4.79 Å². The molecule has 1 aromatic carbocycles. The molecule has 0 bridgehead atoms. The Bertz CT molecular complexity index is 924. The van der Waals surface area contributed by atoms with Crippen LogP contribution in [0.15, 0.2) is 17.1 Å². The fourth-order valence-electron chi connectivity index (χ4n) is 3.28. The Morgan fingerprint density at radius 3 is 2.63 bits per heavy atom. The molecule has 1 aliphatic heterocycles. The number of ether oxygens (including phenoxy) is 1. The second kappa shape index (κ2) is 7.99. The van der Waals surface area contributed by atoms with Crippen LogP contribution >= 0.6 is 0 Å². The maximum Gasteiger partial charge on any atom is 0.343 e. The summed E-state index contributed by atoms with van der Waals surface area (Å²) in [5.74, 6) is -2.75. The summed E-state index contributed by atoms with van der Waals surface area (Å²) in [5, 5.41) is 2.77. The van der Waals surface area contributed by atoms with Gasteiger partial charge in [-0.05, 0) is 13.0 Å². The van der Waals surface area contributed by atoms with Crippen LogP contribution in [-0.4, -0.2) is 50.0 Å². The number of benzene rings is 1. The van der Waals surface area contributed by atoms with Crippen molar-refractivity contribution in [3.05, 3.63) is 39.7 Å². The third-order valence-electron chi connectivity index (χ3n) is 4.48. The number of alkyl halides is 1. The normalized spacial score (nSPS) is 14.6. The van der Waals surface area contributed by atoms with Crippen LogP contribution in [0.3, 0.4) is 0 Å². The zero-order valence-electron chi connectivity index (χ0n) is 14.9. The van der Waals surface area contributed by atoms with Crippen molar-refractivity contribution in [2.75, 3.05) is 44.4 Å². The van der Waals surface area contributed by atoms with Gasteiger partial charge in [0.2, 0.25) is 5.43 Å². The third-order valence-corrected chi connectivity index (χ3v) is 4.48. The number of aryl methyl sites for hydroxylation is 1. The fourth-order valence-corrected chi connectivity index (χ4v) is 3.28. The van der Waals surface area contributed by atoms with E-state index in [9.17, 15) is 18.4 Å². The van der Waals surface area contributed by atoms with Crippen molar-refractivity contribution in [2.24, 2.45) is 0 Å². The number of halogens is 3. The smallest absolute Gasteiger partial charge is 0.343 e. The lowest BCUT2D eigenvalue weighted by atomic mass is 10.1. The number of hydrogen-bond donors (Lipinski definition) is 1. The predicted octanol–water partition coefficient (Wildman–Crippen LogP) is 1.84. The minimum Gasteiger partial charge on any atom is -0.462 e. The van der Waals surface area contributed by atoms with Gasteiger partial charge < -0.3 is 19.5 Å². The second-order valence-electron chi connectivity index (χ2n) is 6.13. The summed E-state index contributed by atoms with van der Waals surface area (Å²) in [6.45, 7) is 2.39. The minimum atomic E-state index is -0.937. The number of aromatic nitrogens is 1. The molecule has 1 aliphatic rings. The lowest BCUT2D eigenvalue weighted by molar-refractivity contribution is 0.0524. The fraction of sp³-hybridized carbons (Fsp3) is 0.444. The van der Waals surface area contributed by atoms with E-state index in [-0.39, 0.29) is 35.3 Å². The SMILES string of the molecule is CCOC(=O)c1cn(CCF)c2c(F)c(N3CCNCC3)c(F)cc2c1=O. The van der Waals surface area contributed by atoms with E-state index in [4.69, 9.17) is 4.74 Å². The minimum absolute atomic E-state index is 0.0318. The number of esters is 1. The van der Waals surface area contributed by atoms with Gasteiger partial charge in [-0.25, -0.2) is 18.0 Å². The van der Waals surface area contributed by atoms with Gasteiger partial charge in [-0.15, -0.1) is 0 Å². The summed E-state index contributed by atoms with van der Waals surface area (Å²) in [7, 11) is 0. The van der Waals surface area contributed by atoms with Gasteiger partial charge in [-0.2, -0.15) is 0 Å². The molecule has 1 fully saturated rings. The standard InChI is InChI=1S/C18H20F3N3O3/c1-2-27-18(26)12-10-24(6-3-19)15-11(17(12)25)9-13(20)16(14(15)21)23-7-4-22-5-8-23/h9-10,22H,2-8H2,1H3. The van der Waals surface area contributed by atoms with Crippen molar-refractivity contribution in [1.29, 1.82) is 0 Å². The first-order valence-electron chi connectivity index (χ1n) is 8.73. The zero-order valence-corrected chi connectivity index (χ0v) is 14.9. The summed E-state index contributed by atoms with van der Waals surface area (Å²) in [6.07, 6.45) is 1.07. The molecule has 0 saturated carbocycles. The third kappa shape index (κ3) is 3.51. The molecule has 1 saturated heterocycles. The number of fused-ring (bicyclic) bond motifs is 1. The molecule has 1 aromatic heterocycles. The molecule has 0 aliphatic carbocycles. The van der Waals surface area contributed by atoms with Crippen LogP contribution in [0.4, 0.5) is 18.9 Å². The Morgan fingerprint density at radius 2 is 2.00 bits per heavy atom. The molecular weight excluding hydrogens is 363 g/mol. The van der Waals surface area contributed by atoms with Crippen LogP contribution in [-0.2, 0) is 11.3 Å². The number of rotatable bonds is 5. The lowest BCUT2D eigenvalue weighted by Gasteiger charge is -2.30. The molecule has 0 unspecified atom stereocenters. The molecule has 6 nitrogen and oxygen atoms in total. The van der Waals surface area contributed by atoms with E-state index in [0.29, 0.717) is 26.2 Å². The molecule has 0 atom stereocenters. The number of nitrogens with zero attached hydrogens (tertiary/aromatic N) is 2. The Kier molecular flexibility index (Phi) is 5.69. The Hall–Kier alpha value is -2.55. The highest BCUT2D eigenvalue weighted by atomic mass is 19.1. The number of carbonyl (C=O) groups is 1. The molecule has 0 radical (unpaired) electrons. The predicted molar refractivity (Wildman–Crippen MR) is 95.1 cm³/mol. The molecule has 9 heteroatoms. The zero-order chi connectivity index (χ0) is 19.6. The van der Waals surface area contributed by atoms with Crippen LogP contribution in [0.25, 0.3) is 10.9 Å². The van der Waals surface area contributed by atoms with Crippen LogP contribution in [0.2, 0.25) is 0 Å². The summed E-state index contributed by atoms with van der Waals surface area (Å²) in [6, 6.07) is 0.912. The average Bonchev–Trinajstić information content (AvgIpc) is 2.65. The van der Waals surface area contributed by atoms with Crippen LogP contribution < -0.4 is 15.6 Å². The summed E-state index contributed by atoms with van der Waals surface area (Å²) in [5.41, 5.74) is -1.70. The van der Waals surface area contributed by atoms with Gasteiger partial charge >= 0.3 is 5.97 Å². The molecule has 0 amide bonds. The van der Waals surface area contributed by atoms with E-state index in [1.807, 2.05) is 0 Å². The van der Waals surface area contributed by atoms with Crippen molar-refractivity contribution < 1.29 is 22.7 Å². The van der Waals surface area contributed by atoms with E-state index >= 15 is 4.39 Å². The van der Waals surface area contributed by atoms with Gasteiger partial charge in [-0.1, -0.05) is 0 Å². The topological polar surface area (TPSA) is 63.6 Å². The van der Waals surface area contributed by atoms with Gasteiger partial charge in [0, 0.05) is 32.4 Å². The maximum atomic E-state index is 15.3. The van der Waals surface area contributed by atoms with E-state index < -0.39 is 29.7 Å². The molecule has 146 valence electrons. The van der Waals surface area contributed by atoms with Crippen LogP contribution in [0.5, 0.6) is 0 Å². The van der Waals surface area contributed by atoms with Crippen LogP contribution in [0, 0.1) is 11.6 Å². The van der Waals surface area contributed by atoms with Gasteiger partial charge in [0.1, 0.15) is 23.7 Å². The van der Waals surface area contributed by atoms with Crippen molar-refractivity contribution in [2.45, 2.75) is 13.5 Å². The molecule has 0 spiro atoms. The average molecular weight is 383 g/mol.